The van der Waals surface area contributed by atoms with E-state index < -0.39 is 0 Å². The van der Waals surface area contributed by atoms with Crippen LogP contribution in [0.15, 0.2) is 24.5 Å². The summed E-state index contributed by atoms with van der Waals surface area (Å²) < 4.78 is 0. The molecule has 1 saturated carbocycles. The second-order valence-corrected chi connectivity index (χ2v) is 13.0. The summed E-state index contributed by atoms with van der Waals surface area (Å²) in [5, 5.41) is 6.54. The van der Waals surface area contributed by atoms with E-state index in [2.05, 4.69) is 55.1 Å². The van der Waals surface area contributed by atoms with Gasteiger partial charge in [-0.25, -0.2) is 9.97 Å². The van der Waals surface area contributed by atoms with Gasteiger partial charge in [-0.05, 0) is 57.3 Å². The van der Waals surface area contributed by atoms with E-state index >= 15 is 0 Å². The lowest BCUT2D eigenvalue weighted by molar-refractivity contribution is -0.124. The van der Waals surface area contributed by atoms with Crippen molar-refractivity contribution in [1.29, 1.82) is 0 Å². The first-order chi connectivity index (χ1) is 20.6. The number of nitrogens with one attached hydrogen (secondary N) is 2. The Morgan fingerprint density at radius 2 is 1.83 bits per heavy atom. The van der Waals surface area contributed by atoms with Crippen molar-refractivity contribution < 1.29 is 4.79 Å². The number of nitrogens with zero attached hydrogens (tertiary/aromatic N) is 7. The Balaban J connectivity index is 0.979. The largest absolute Gasteiger partial charge is 0.370 e. The number of likely N-dealkylation sites (N-methyl/N-ethyl adjacent to an activating group) is 1. The number of hydrogen-bond donors (Lipinski definition) is 2. The molecule has 42 heavy (non-hydrogen) atoms. The zero-order valence-electron chi connectivity index (χ0n) is 25.4. The van der Waals surface area contributed by atoms with Crippen LogP contribution in [0.1, 0.15) is 70.8 Å². The molecule has 0 bridgehead atoms. The number of fused-ring (bicyclic) bond motifs is 4. The van der Waals surface area contributed by atoms with Crippen molar-refractivity contribution in [3.05, 3.63) is 30.1 Å². The van der Waals surface area contributed by atoms with Crippen molar-refractivity contribution in [2.75, 3.05) is 60.9 Å². The molecule has 6 heterocycles. The summed E-state index contributed by atoms with van der Waals surface area (Å²) in [7, 11) is 0. The van der Waals surface area contributed by atoms with Crippen molar-refractivity contribution in [2.24, 2.45) is 0 Å². The van der Waals surface area contributed by atoms with Crippen molar-refractivity contribution >= 4 is 29.2 Å². The SMILES string of the molecule is CCN(CC)C1CCN(C2CCN(c3ccc(Nc4ncc5c(n4)N4C(C5)C(=O)NCC45CCCCC5)nc3)CC2)C1. The van der Waals surface area contributed by atoms with Crippen LogP contribution >= 0.6 is 0 Å². The molecule has 2 unspecified atom stereocenters. The van der Waals surface area contributed by atoms with Gasteiger partial charge < -0.3 is 20.4 Å². The quantitative estimate of drug-likeness (QED) is 0.516. The van der Waals surface area contributed by atoms with Crippen molar-refractivity contribution in [2.45, 2.75) is 95.3 Å². The van der Waals surface area contributed by atoms with Gasteiger partial charge in [0.25, 0.3) is 0 Å². The highest BCUT2D eigenvalue weighted by molar-refractivity contribution is 5.90. The minimum atomic E-state index is -0.174. The summed E-state index contributed by atoms with van der Waals surface area (Å²) in [6.45, 7) is 12.2. The zero-order chi connectivity index (χ0) is 28.7. The lowest BCUT2D eigenvalue weighted by atomic mass is 9.78. The summed E-state index contributed by atoms with van der Waals surface area (Å²) in [6, 6.07) is 5.45. The van der Waals surface area contributed by atoms with Gasteiger partial charge in [-0.1, -0.05) is 33.1 Å². The monoisotopic (exact) mass is 573 g/mol. The topological polar surface area (TPSA) is 92.8 Å². The molecule has 1 spiro atoms. The molecule has 226 valence electrons. The van der Waals surface area contributed by atoms with Crippen LogP contribution in [0.25, 0.3) is 0 Å². The van der Waals surface area contributed by atoms with E-state index in [-0.39, 0.29) is 17.5 Å². The number of carbonyl (C=O) groups is 1. The maximum atomic E-state index is 12.8. The van der Waals surface area contributed by atoms with Gasteiger partial charge in [0.1, 0.15) is 17.7 Å². The molecule has 2 N–H and O–H groups in total. The molecule has 0 radical (unpaired) electrons. The third-order valence-corrected chi connectivity index (χ3v) is 10.8. The minimum Gasteiger partial charge on any atom is -0.370 e. The Morgan fingerprint density at radius 3 is 2.57 bits per heavy atom. The fourth-order valence-corrected chi connectivity index (χ4v) is 8.49. The normalized spacial score (nSPS) is 26.0. The van der Waals surface area contributed by atoms with E-state index in [1.807, 2.05) is 18.5 Å². The summed E-state index contributed by atoms with van der Waals surface area (Å²) in [5.41, 5.74) is 2.22. The average Bonchev–Trinajstić information content (AvgIpc) is 3.67. The zero-order valence-corrected chi connectivity index (χ0v) is 25.4. The highest BCUT2D eigenvalue weighted by Crippen LogP contribution is 2.44. The number of pyridine rings is 1. The molecular weight excluding hydrogens is 526 g/mol. The lowest BCUT2D eigenvalue weighted by Gasteiger charge is -2.51. The van der Waals surface area contributed by atoms with Crippen LogP contribution in [-0.4, -0.2) is 100 Å². The Kier molecular flexibility index (Phi) is 7.69. The van der Waals surface area contributed by atoms with Gasteiger partial charge in [-0.2, -0.15) is 4.98 Å². The van der Waals surface area contributed by atoms with E-state index in [0.29, 0.717) is 25.0 Å². The molecule has 10 nitrogen and oxygen atoms in total. The molecule has 2 aromatic rings. The fourth-order valence-electron chi connectivity index (χ4n) is 8.49. The van der Waals surface area contributed by atoms with Gasteiger partial charge in [0.2, 0.25) is 11.9 Å². The predicted molar refractivity (Wildman–Crippen MR) is 166 cm³/mol. The molecule has 0 aromatic carbocycles. The first-order valence-corrected chi connectivity index (χ1v) is 16.5. The van der Waals surface area contributed by atoms with Gasteiger partial charge in [0, 0.05) is 63.0 Å². The summed E-state index contributed by atoms with van der Waals surface area (Å²) in [4.78, 5) is 37.3. The van der Waals surface area contributed by atoms with Crippen LogP contribution < -0.4 is 20.4 Å². The van der Waals surface area contributed by atoms with Crippen LogP contribution in [0, 0.1) is 0 Å². The summed E-state index contributed by atoms with van der Waals surface area (Å²) >= 11 is 0. The van der Waals surface area contributed by atoms with Gasteiger partial charge in [0.05, 0.1) is 17.4 Å². The minimum absolute atomic E-state index is 0.0249. The van der Waals surface area contributed by atoms with E-state index in [1.54, 1.807) is 0 Å². The molecule has 4 fully saturated rings. The number of amides is 1. The number of piperazine rings is 1. The molecule has 5 aliphatic rings. The predicted octanol–water partition coefficient (Wildman–Crippen LogP) is 3.56. The second kappa shape index (κ2) is 11.6. The van der Waals surface area contributed by atoms with E-state index in [4.69, 9.17) is 9.97 Å². The van der Waals surface area contributed by atoms with Gasteiger partial charge >= 0.3 is 0 Å². The number of hydrogen-bond acceptors (Lipinski definition) is 9. The second-order valence-electron chi connectivity index (χ2n) is 13.0. The van der Waals surface area contributed by atoms with E-state index in [0.717, 1.165) is 62.3 Å². The molecule has 1 aliphatic carbocycles. The summed E-state index contributed by atoms with van der Waals surface area (Å²) in [6.07, 6.45) is 14.2. The van der Waals surface area contributed by atoms with Crippen LogP contribution in [0.4, 0.5) is 23.3 Å². The van der Waals surface area contributed by atoms with Gasteiger partial charge in [0.15, 0.2) is 0 Å². The van der Waals surface area contributed by atoms with Crippen molar-refractivity contribution in [3.8, 4) is 0 Å². The number of anilines is 4. The standard InChI is InChI=1S/C32H47N9O/c1-3-38(4-2)26-12-17-40(21-26)24-10-15-39(16-11-24)25-8-9-28(33-20-25)36-31-34-19-23-18-27-30(42)35-22-32(13-6-5-7-14-32)41(27)29(23)37-31/h8-9,19-20,24,26-27H,3-7,10-18,21-22H2,1-2H3,(H,35,42)(H,33,34,36,37). The highest BCUT2D eigenvalue weighted by atomic mass is 16.2. The summed E-state index contributed by atoms with van der Waals surface area (Å²) in [5.74, 6) is 2.33. The van der Waals surface area contributed by atoms with E-state index in [9.17, 15) is 4.79 Å². The third-order valence-electron chi connectivity index (χ3n) is 10.8. The Hall–Kier alpha value is -2.98. The number of rotatable bonds is 7. The first-order valence-electron chi connectivity index (χ1n) is 16.5. The van der Waals surface area contributed by atoms with Crippen LogP contribution in [0.3, 0.4) is 0 Å². The number of likely N-dealkylation sites (tertiary alicyclic amines) is 1. The van der Waals surface area contributed by atoms with Crippen LogP contribution in [0.2, 0.25) is 0 Å². The number of aromatic nitrogens is 3. The molecule has 10 heteroatoms. The van der Waals surface area contributed by atoms with E-state index in [1.165, 1.54) is 57.3 Å². The molecular formula is C32H47N9O. The highest BCUT2D eigenvalue weighted by Gasteiger charge is 2.51. The molecule has 4 aliphatic heterocycles. The Labute approximate surface area is 250 Å². The lowest BCUT2D eigenvalue weighted by Crippen LogP contribution is -2.67. The first kappa shape index (κ1) is 27.8. The van der Waals surface area contributed by atoms with Crippen LogP contribution in [0.5, 0.6) is 0 Å². The third kappa shape index (κ3) is 5.10. The van der Waals surface area contributed by atoms with Crippen LogP contribution in [-0.2, 0) is 11.2 Å². The molecule has 2 aromatic heterocycles. The van der Waals surface area contributed by atoms with Crippen molar-refractivity contribution in [3.63, 3.8) is 0 Å². The maximum absolute atomic E-state index is 12.8. The fraction of sp³-hybridized carbons (Fsp3) is 0.688. The Bertz CT molecular complexity index is 1250. The number of piperidine rings is 1. The maximum Gasteiger partial charge on any atom is 0.243 e. The van der Waals surface area contributed by atoms with Gasteiger partial charge in [-0.3, -0.25) is 14.6 Å². The molecule has 2 atom stereocenters. The smallest absolute Gasteiger partial charge is 0.243 e. The molecule has 7 rings (SSSR count). The molecule has 1 amide bonds. The molecule has 3 saturated heterocycles. The van der Waals surface area contributed by atoms with Gasteiger partial charge in [-0.15, -0.1) is 0 Å². The Morgan fingerprint density at radius 1 is 1.02 bits per heavy atom. The number of carbonyl (C=O) groups excluding carboxylic acids is 1. The van der Waals surface area contributed by atoms with Crippen molar-refractivity contribution in [1.82, 2.24) is 30.1 Å². The average molecular weight is 574 g/mol.